The minimum Gasteiger partial charge on any atom is -0.497 e. The second-order valence-corrected chi connectivity index (χ2v) is 7.80. The first kappa shape index (κ1) is 22.1. The molecule has 0 bridgehead atoms. The summed E-state index contributed by atoms with van der Waals surface area (Å²) in [6.07, 6.45) is 2.26. The van der Waals surface area contributed by atoms with Crippen molar-refractivity contribution in [3.63, 3.8) is 0 Å². The lowest BCUT2D eigenvalue weighted by Gasteiger charge is -2.10. The van der Waals surface area contributed by atoms with E-state index in [9.17, 15) is 10.1 Å². The number of hydrogen-bond donors (Lipinski definition) is 1. The molecule has 0 unspecified atom stereocenters. The van der Waals surface area contributed by atoms with Gasteiger partial charge < -0.3 is 10.1 Å². The fourth-order valence-corrected chi connectivity index (χ4v) is 3.61. The number of anilines is 1. The zero-order chi connectivity index (χ0) is 22.4. The van der Waals surface area contributed by atoms with Gasteiger partial charge in [0.2, 0.25) is 0 Å². The normalized spacial score (nSPS) is 11.0. The number of carbonyl (C=O) groups is 1. The van der Waals surface area contributed by atoms with E-state index in [4.69, 9.17) is 16.3 Å². The largest absolute Gasteiger partial charge is 0.497 e. The van der Waals surface area contributed by atoms with E-state index in [2.05, 4.69) is 37.4 Å². The van der Waals surface area contributed by atoms with Crippen molar-refractivity contribution in [1.82, 2.24) is 0 Å². The standard InChI is InChI=1S/C26H23ClN2O2/c1-17-10-18(2)12-19(11-17)13-20-4-5-23(27)15-21(20)14-22(16-28)26(30)29-24-6-8-25(31-3)9-7-24/h4-12,14-15H,13H2,1-3H3,(H,29,30)/b22-14+. The maximum Gasteiger partial charge on any atom is 0.266 e. The lowest BCUT2D eigenvalue weighted by molar-refractivity contribution is -0.112. The first-order valence-corrected chi connectivity index (χ1v) is 10.2. The van der Waals surface area contributed by atoms with Crippen LogP contribution in [-0.2, 0) is 11.2 Å². The van der Waals surface area contributed by atoms with Crippen LogP contribution in [-0.4, -0.2) is 13.0 Å². The van der Waals surface area contributed by atoms with E-state index in [1.54, 1.807) is 43.5 Å². The van der Waals surface area contributed by atoms with E-state index >= 15 is 0 Å². The highest BCUT2D eigenvalue weighted by Gasteiger charge is 2.12. The van der Waals surface area contributed by atoms with Gasteiger partial charge in [-0.2, -0.15) is 5.26 Å². The molecular formula is C26H23ClN2O2. The fraction of sp³-hybridized carbons (Fsp3) is 0.154. The average molecular weight is 431 g/mol. The van der Waals surface area contributed by atoms with Crippen molar-refractivity contribution in [2.24, 2.45) is 0 Å². The van der Waals surface area contributed by atoms with Gasteiger partial charge in [0.05, 0.1) is 7.11 Å². The second kappa shape index (κ2) is 9.97. The molecule has 0 radical (unpaired) electrons. The van der Waals surface area contributed by atoms with Crippen molar-refractivity contribution in [3.8, 4) is 11.8 Å². The monoisotopic (exact) mass is 430 g/mol. The van der Waals surface area contributed by atoms with Crippen molar-refractivity contribution in [1.29, 1.82) is 5.26 Å². The fourth-order valence-electron chi connectivity index (χ4n) is 3.43. The number of nitrogens with one attached hydrogen (secondary N) is 1. The molecule has 156 valence electrons. The van der Waals surface area contributed by atoms with Crippen molar-refractivity contribution < 1.29 is 9.53 Å². The number of rotatable bonds is 6. The van der Waals surface area contributed by atoms with Crippen LogP contribution in [0.5, 0.6) is 5.75 Å². The zero-order valence-electron chi connectivity index (χ0n) is 17.7. The summed E-state index contributed by atoms with van der Waals surface area (Å²) < 4.78 is 5.12. The zero-order valence-corrected chi connectivity index (χ0v) is 18.5. The Hall–Kier alpha value is -3.55. The molecule has 0 saturated carbocycles. The predicted octanol–water partition coefficient (Wildman–Crippen LogP) is 6.10. The van der Waals surface area contributed by atoms with Gasteiger partial charge in [0.25, 0.3) is 5.91 Å². The van der Waals surface area contributed by atoms with Crippen LogP contribution in [0, 0.1) is 25.2 Å². The molecule has 0 saturated heterocycles. The molecule has 3 aromatic rings. The third-order valence-corrected chi connectivity index (χ3v) is 5.03. The van der Waals surface area contributed by atoms with Crippen molar-refractivity contribution in [2.45, 2.75) is 20.3 Å². The van der Waals surface area contributed by atoms with Gasteiger partial charge >= 0.3 is 0 Å². The minimum absolute atomic E-state index is 0.000225. The van der Waals surface area contributed by atoms with Crippen LogP contribution in [0.3, 0.4) is 0 Å². The van der Waals surface area contributed by atoms with Gasteiger partial charge in [-0.1, -0.05) is 47.0 Å². The van der Waals surface area contributed by atoms with E-state index in [1.807, 2.05) is 18.2 Å². The summed E-state index contributed by atoms with van der Waals surface area (Å²) in [6, 6.07) is 20.8. The summed E-state index contributed by atoms with van der Waals surface area (Å²) in [7, 11) is 1.57. The SMILES string of the molecule is COc1ccc(NC(=O)/C(C#N)=C/c2cc(Cl)ccc2Cc2cc(C)cc(C)c2)cc1. The highest BCUT2D eigenvalue weighted by Crippen LogP contribution is 2.23. The molecule has 0 fully saturated rings. The summed E-state index contributed by atoms with van der Waals surface area (Å²) in [6.45, 7) is 4.13. The number of nitriles is 1. The Morgan fingerprint density at radius 3 is 2.35 bits per heavy atom. The average Bonchev–Trinajstić information content (AvgIpc) is 2.73. The van der Waals surface area contributed by atoms with Gasteiger partial charge in [-0.25, -0.2) is 0 Å². The van der Waals surface area contributed by atoms with E-state index < -0.39 is 5.91 Å². The minimum atomic E-state index is -0.481. The van der Waals surface area contributed by atoms with Crippen LogP contribution in [0.2, 0.25) is 5.02 Å². The summed E-state index contributed by atoms with van der Waals surface area (Å²) in [5.41, 5.74) is 5.85. The first-order valence-electron chi connectivity index (χ1n) is 9.80. The third-order valence-electron chi connectivity index (χ3n) is 4.80. The predicted molar refractivity (Wildman–Crippen MR) is 125 cm³/mol. The van der Waals surface area contributed by atoms with Crippen LogP contribution < -0.4 is 10.1 Å². The molecule has 3 aromatic carbocycles. The van der Waals surface area contributed by atoms with E-state index in [0.29, 0.717) is 22.9 Å². The Morgan fingerprint density at radius 1 is 1.06 bits per heavy atom. The number of carbonyl (C=O) groups excluding carboxylic acids is 1. The molecule has 0 heterocycles. The van der Waals surface area contributed by atoms with Crippen molar-refractivity contribution in [3.05, 3.63) is 99.1 Å². The van der Waals surface area contributed by atoms with E-state index in [0.717, 1.165) is 16.7 Å². The highest BCUT2D eigenvalue weighted by atomic mass is 35.5. The molecule has 0 aliphatic carbocycles. The van der Waals surface area contributed by atoms with Gasteiger partial charge in [0.15, 0.2) is 0 Å². The van der Waals surface area contributed by atoms with E-state index in [1.165, 1.54) is 11.1 Å². The number of aryl methyl sites for hydroxylation is 2. The van der Waals surface area contributed by atoms with Gasteiger partial charge in [-0.05, 0) is 79.4 Å². The van der Waals surface area contributed by atoms with Gasteiger partial charge in [-0.15, -0.1) is 0 Å². The number of halogens is 1. The molecule has 4 nitrogen and oxygen atoms in total. The lowest BCUT2D eigenvalue weighted by Crippen LogP contribution is -2.13. The van der Waals surface area contributed by atoms with Gasteiger partial charge in [0.1, 0.15) is 17.4 Å². The van der Waals surface area contributed by atoms with Crippen molar-refractivity contribution >= 4 is 29.3 Å². The van der Waals surface area contributed by atoms with Crippen LogP contribution in [0.15, 0.2) is 66.2 Å². The van der Waals surface area contributed by atoms with Gasteiger partial charge in [0, 0.05) is 10.7 Å². The summed E-state index contributed by atoms with van der Waals surface area (Å²) in [4.78, 5) is 12.7. The number of hydrogen-bond acceptors (Lipinski definition) is 3. The maximum absolute atomic E-state index is 12.7. The molecule has 0 aliphatic rings. The maximum atomic E-state index is 12.7. The van der Waals surface area contributed by atoms with Crippen LogP contribution in [0.4, 0.5) is 5.69 Å². The Morgan fingerprint density at radius 2 is 1.74 bits per heavy atom. The molecule has 0 aromatic heterocycles. The quantitative estimate of drug-likeness (QED) is 0.379. The second-order valence-electron chi connectivity index (χ2n) is 7.37. The molecule has 0 atom stereocenters. The summed E-state index contributed by atoms with van der Waals surface area (Å²) in [5.74, 6) is 0.203. The summed E-state index contributed by atoms with van der Waals surface area (Å²) >= 11 is 6.21. The lowest BCUT2D eigenvalue weighted by atomic mass is 9.96. The smallest absolute Gasteiger partial charge is 0.266 e. The number of benzene rings is 3. The Balaban J connectivity index is 1.89. The molecule has 0 spiro atoms. The number of amides is 1. The molecule has 31 heavy (non-hydrogen) atoms. The highest BCUT2D eigenvalue weighted by molar-refractivity contribution is 6.30. The molecule has 3 rings (SSSR count). The van der Waals surface area contributed by atoms with Gasteiger partial charge in [-0.3, -0.25) is 4.79 Å². The molecule has 5 heteroatoms. The number of nitrogens with zero attached hydrogens (tertiary/aromatic N) is 1. The number of methoxy groups -OCH3 is 1. The first-order chi connectivity index (χ1) is 14.9. The number of ether oxygens (including phenoxy) is 1. The molecule has 0 aliphatic heterocycles. The van der Waals surface area contributed by atoms with Crippen LogP contribution in [0.1, 0.15) is 27.8 Å². The van der Waals surface area contributed by atoms with Crippen LogP contribution in [0.25, 0.3) is 6.08 Å². The Bertz CT molecular complexity index is 1150. The van der Waals surface area contributed by atoms with Crippen LogP contribution >= 0.6 is 11.6 Å². The Kier molecular flexibility index (Phi) is 7.12. The molecule has 1 amide bonds. The third kappa shape index (κ3) is 5.97. The molecule has 1 N–H and O–H groups in total. The van der Waals surface area contributed by atoms with E-state index in [-0.39, 0.29) is 5.57 Å². The van der Waals surface area contributed by atoms with Crippen molar-refractivity contribution in [2.75, 3.05) is 12.4 Å². The topological polar surface area (TPSA) is 62.1 Å². The molecular weight excluding hydrogens is 408 g/mol. The Labute approximate surface area is 187 Å². The summed E-state index contributed by atoms with van der Waals surface area (Å²) in [5, 5.41) is 12.9.